The Balaban J connectivity index is 1.87. The zero-order valence-electron chi connectivity index (χ0n) is 12.1. The lowest BCUT2D eigenvalue weighted by Gasteiger charge is -2.21. The molecule has 0 aromatic heterocycles. The first-order valence-electron chi connectivity index (χ1n) is 7.01. The largest absolute Gasteiger partial charge is 0.312 e. The van der Waals surface area contributed by atoms with E-state index in [0.29, 0.717) is 13.1 Å². The van der Waals surface area contributed by atoms with Crippen LogP contribution in [0.5, 0.6) is 0 Å². The third kappa shape index (κ3) is 4.39. The van der Waals surface area contributed by atoms with Gasteiger partial charge < -0.3 is 10.2 Å². The lowest BCUT2D eigenvalue weighted by molar-refractivity contribution is -0.117. The lowest BCUT2D eigenvalue weighted by atomic mass is 10.2. The topological polar surface area (TPSA) is 32.3 Å². The van der Waals surface area contributed by atoms with E-state index in [1.807, 2.05) is 37.3 Å². The number of benzene rings is 2. The Labute approximate surface area is 124 Å². The maximum absolute atomic E-state index is 12.8. The Bertz CT molecular complexity index is 569. The summed E-state index contributed by atoms with van der Waals surface area (Å²) in [6.45, 7) is 3.37. The van der Waals surface area contributed by atoms with Crippen LogP contribution in [0, 0.1) is 5.82 Å². The van der Waals surface area contributed by atoms with Crippen LogP contribution in [0.4, 0.5) is 10.1 Å². The second-order valence-corrected chi connectivity index (χ2v) is 4.70. The Morgan fingerprint density at radius 2 is 1.76 bits per heavy atom. The highest BCUT2D eigenvalue weighted by atomic mass is 19.1. The predicted octanol–water partition coefficient (Wildman–Crippen LogP) is 2.97. The molecule has 0 radical (unpaired) electrons. The molecule has 0 atom stereocenters. The number of carbonyl (C=O) groups excluding carboxylic acids is 1. The molecule has 1 N–H and O–H groups in total. The normalized spacial score (nSPS) is 10.4. The number of rotatable bonds is 6. The van der Waals surface area contributed by atoms with Crippen LogP contribution in [0.15, 0.2) is 54.6 Å². The molecule has 2 rings (SSSR count). The summed E-state index contributed by atoms with van der Waals surface area (Å²) in [5, 5.41) is 3.09. The molecule has 4 heteroatoms. The first-order chi connectivity index (χ1) is 10.2. The molecule has 0 aliphatic carbocycles. The van der Waals surface area contributed by atoms with E-state index in [4.69, 9.17) is 0 Å². The van der Waals surface area contributed by atoms with Crippen LogP contribution in [-0.2, 0) is 11.3 Å². The second kappa shape index (κ2) is 7.55. The third-order valence-corrected chi connectivity index (χ3v) is 3.20. The average Bonchev–Trinajstić information content (AvgIpc) is 2.51. The number of amides is 1. The maximum Gasteiger partial charge on any atom is 0.240 e. The maximum atomic E-state index is 12.8. The van der Waals surface area contributed by atoms with E-state index in [1.54, 1.807) is 17.0 Å². The molecule has 110 valence electrons. The van der Waals surface area contributed by atoms with Crippen molar-refractivity contribution in [2.24, 2.45) is 0 Å². The summed E-state index contributed by atoms with van der Waals surface area (Å²) in [4.78, 5) is 14.0. The fourth-order valence-corrected chi connectivity index (χ4v) is 2.12. The van der Waals surface area contributed by atoms with E-state index in [2.05, 4.69) is 5.32 Å². The minimum Gasteiger partial charge on any atom is -0.312 e. The number of hydrogen-bond donors (Lipinski definition) is 1. The van der Waals surface area contributed by atoms with Gasteiger partial charge in [-0.15, -0.1) is 0 Å². The van der Waals surface area contributed by atoms with Gasteiger partial charge in [-0.2, -0.15) is 0 Å². The number of para-hydroxylation sites is 1. The minimum absolute atomic E-state index is 0.0193. The number of nitrogens with one attached hydrogen (secondary N) is 1. The predicted molar refractivity (Wildman–Crippen MR) is 82.6 cm³/mol. The Kier molecular flexibility index (Phi) is 5.46. The molecule has 0 aliphatic heterocycles. The summed E-state index contributed by atoms with van der Waals surface area (Å²) < 4.78 is 12.8. The minimum atomic E-state index is -0.254. The molecule has 2 aromatic carbocycles. The molecule has 1 amide bonds. The quantitative estimate of drug-likeness (QED) is 0.885. The van der Waals surface area contributed by atoms with Crippen LogP contribution in [0.3, 0.4) is 0 Å². The zero-order valence-corrected chi connectivity index (χ0v) is 12.1. The molecule has 0 saturated heterocycles. The van der Waals surface area contributed by atoms with Gasteiger partial charge in [0.2, 0.25) is 5.91 Å². The van der Waals surface area contributed by atoms with Gasteiger partial charge >= 0.3 is 0 Å². The molecule has 0 aliphatic rings. The zero-order chi connectivity index (χ0) is 15.1. The van der Waals surface area contributed by atoms with E-state index < -0.39 is 0 Å². The highest BCUT2D eigenvalue weighted by Gasteiger charge is 2.12. The van der Waals surface area contributed by atoms with Crippen molar-refractivity contribution in [2.45, 2.75) is 13.5 Å². The summed E-state index contributed by atoms with van der Waals surface area (Å²) in [7, 11) is 0. The molecule has 0 saturated carbocycles. The molecular weight excluding hydrogens is 267 g/mol. The fourth-order valence-electron chi connectivity index (χ4n) is 2.12. The van der Waals surface area contributed by atoms with Gasteiger partial charge in [0.1, 0.15) is 5.82 Å². The fraction of sp³-hybridized carbons (Fsp3) is 0.235. The molecule has 21 heavy (non-hydrogen) atoms. The summed E-state index contributed by atoms with van der Waals surface area (Å²) >= 11 is 0. The standard InChI is InChI=1S/C17H19FN2O/c1-2-20(16-6-4-3-5-7-16)17(21)13-19-12-14-8-10-15(18)11-9-14/h3-11,19H,2,12-13H2,1H3. The SMILES string of the molecule is CCN(C(=O)CNCc1ccc(F)cc1)c1ccccc1. The average molecular weight is 286 g/mol. The van der Waals surface area contributed by atoms with Crippen molar-refractivity contribution >= 4 is 11.6 Å². The summed E-state index contributed by atoms with van der Waals surface area (Å²) in [6.07, 6.45) is 0. The molecule has 0 bridgehead atoms. The number of hydrogen-bond acceptors (Lipinski definition) is 2. The van der Waals surface area contributed by atoms with Gasteiger partial charge in [-0.1, -0.05) is 30.3 Å². The molecule has 2 aromatic rings. The van der Waals surface area contributed by atoms with E-state index in [0.717, 1.165) is 11.3 Å². The summed E-state index contributed by atoms with van der Waals surface area (Å²) in [5.74, 6) is -0.234. The summed E-state index contributed by atoms with van der Waals surface area (Å²) in [5.41, 5.74) is 1.85. The highest BCUT2D eigenvalue weighted by molar-refractivity contribution is 5.94. The van der Waals surface area contributed by atoms with Gasteiger partial charge in [0.25, 0.3) is 0 Å². The van der Waals surface area contributed by atoms with Crippen molar-refractivity contribution in [3.05, 3.63) is 66.0 Å². The van der Waals surface area contributed by atoms with Gasteiger partial charge in [-0.05, 0) is 36.8 Å². The first-order valence-corrected chi connectivity index (χ1v) is 7.01. The van der Waals surface area contributed by atoms with Crippen molar-refractivity contribution in [2.75, 3.05) is 18.0 Å². The van der Waals surface area contributed by atoms with Gasteiger partial charge in [-0.3, -0.25) is 4.79 Å². The van der Waals surface area contributed by atoms with E-state index in [1.165, 1.54) is 12.1 Å². The molecule has 0 fully saturated rings. The van der Waals surface area contributed by atoms with Crippen molar-refractivity contribution in [3.63, 3.8) is 0 Å². The highest BCUT2D eigenvalue weighted by Crippen LogP contribution is 2.12. The van der Waals surface area contributed by atoms with Crippen LogP contribution in [-0.4, -0.2) is 19.0 Å². The molecule has 0 heterocycles. The van der Waals surface area contributed by atoms with Crippen molar-refractivity contribution in [1.29, 1.82) is 0 Å². The third-order valence-electron chi connectivity index (χ3n) is 3.20. The van der Waals surface area contributed by atoms with Crippen LogP contribution < -0.4 is 10.2 Å². The van der Waals surface area contributed by atoms with E-state index in [9.17, 15) is 9.18 Å². The summed E-state index contributed by atoms with van der Waals surface area (Å²) in [6, 6.07) is 15.8. The second-order valence-electron chi connectivity index (χ2n) is 4.70. The van der Waals surface area contributed by atoms with Crippen LogP contribution in [0.1, 0.15) is 12.5 Å². The number of likely N-dealkylation sites (N-methyl/N-ethyl adjacent to an activating group) is 1. The van der Waals surface area contributed by atoms with Crippen LogP contribution in [0.2, 0.25) is 0 Å². The van der Waals surface area contributed by atoms with Crippen LogP contribution >= 0.6 is 0 Å². The van der Waals surface area contributed by atoms with Gasteiger partial charge in [-0.25, -0.2) is 4.39 Å². The van der Waals surface area contributed by atoms with Gasteiger partial charge in [0.05, 0.1) is 6.54 Å². The number of carbonyl (C=O) groups is 1. The van der Waals surface area contributed by atoms with E-state index >= 15 is 0 Å². The number of halogens is 1. The monoisotopic (exact) mass is 286 g/mol. The molecule has 0 spiro atoms. The van der Waals surface area contributed by atoms with Gasteiger partial charge in [0, 0.05) is 18.8 Å². The number of nitrogens with zero attached hydrogens (tertiary/aromatic N) is 1. The van der Waals surface area contributed by atoms with Crippen LogP contribution in [0.25, 0.3) is 0 Å². The van der Waals surface area contributed by atoms with Crippen molar-refractivity contribution in [1.82, 2.24) is 5.32 Å². The molecule has 0 unspecified atom stereocenters. The van der Waals surface area contributed by atoms with E-state index in [-0.39, 0.29) is 18.3 Å². The first kappa shape index (κ1) is 15.2. The lowest BCUT2D eigenvalue weighted by Crippen LogP contribution is -2.38. The molecular formula is C17H19FN2O. The Morgan fingerprint density at radius 1 is 1.10 bits per heavy atom. The van der Waals surface area contributed by atoms with Crippen molar-refractivity contribution < 1.29 is 9.18 Å². The molecule has 3 nitrogen and oxygen atoms in total. The van der Waals surface area contributed by atoms with Gasteiger partial charge in [0.15, 0.2) is 0 Å². The number of anilines is 1. The smallest absolute Gasteiger partial charge is 0.240 e. The van der Waals surface area contributed by atoms with Crippen molar-refractivity contribution in [3.8, 4) is 0 Å². The Hall–Kier alpha value is -2.20. The Morgan fingerprint density at radius 3 is 2.38 bits per heavy atom.